The van der Waals surface area contributed by atoms with Crippen molar-refractivity contribution >= 4 is 34.5 Å². The Morgan fingerprint density at radius 2 is 2.31 bits per heavy atom. The molecular weight excluding hydrogens is 228 g/mol. The SMILES string of the molecule is CSc1nc(Cl)cc(C[S+](C)[O-])n1. The summed E-state index contributed by atoms with van der Waals surface area (Å²) in [5, 5.41) is 1.02. The molecule has 0 aliphatic heterocycles. The fourth-order valence-corrected chi connectivity index (χ4v) is 2.03. The molecular formula is C7H9ClN2OS2. The van der Waals surface area contributed by atoms with Gasteiger partial charge in [0.15, 0.2) is 5.16 Å². The predicted molar refractivity (Wildman–Crippen MR) is 56.6 cm³/mol. The van der Waals surface area contributed by atoms with Gasteiger partial charge >= 0.3 is 0 Å². The van der Waals surface area contributed by atoms with Gasteiger partial charge < -0.3 is 4.55 Å². The Morgan fingerprint density at radius 1 is 1.62 bits per heavy atom. The lowest BCUT2D eigenvalue weighted by molar-refractivity contribution is 0.599. The van der Waals surface area contributed by atoms with E-state index in [2.05, 4.69) is 9.97 Å². The summed E-state index contributed by atoms with van der Waals surface area (Å²) in [5.41, 5.74) is 0.727. The van der Waals surface area contributed by atoms with Gasteiger partial charge in [0, 0.05) is 6.07 Å². The Kier molecular flexibility index (Phi) is 4.31. The molecule has 0 aliphatic rings. The van der Waals surface area contributed by atoms with Gasteiger partial charge in [-0.3, -0.25) is 0 Å². The minimum atomic E-state index is -0.893. The maximum Gasteiger partial charge on any atom is 0.189 e. The average molecular weight is 237 g/mol. The quantitative estimate of drug-likeness (QED) is 0.347. The molecule has 0 aliphatic carbocycles. The van der Waals surface area contributed by atoms with Gasteiger partial charge in [0.25, 0.3) is 0 Å². The van der Waals surface area contributed by atoms with E-state index in [0.29, 0.717) is 16.1 Å². The first kappa shape index (κ1) is 11.1. The van der Waals surface area contributed by atoms with Crippen molar-refractivity contribution in [3.05, 3.63) is 16.9 Å². The minimum absolute atomic E-state index is 0.403. The Morgan fingerprint density at radius 3 is 2.85 bits per heavy atom. The van der Waals surface area contributed by atoms with Gasteiger partial charge in [0.1, 0.15) is 10.9 Å². The second-order valence-electron chi connectivity index (χ2n) is 2.39. The number of aromatic nitrogens is 2. The van der Waals surface area contributed by atoms with Crippen LogP contribution in [0.1, 0.15) is 5.69 Å². The lowest BCUT2D eigenvalue weighted by atomic mass is 10.5. The van der Waals surface area contributed by atoms with Crippen molar-refractivity contribution in [2.45, 2.75) is 10.9 Å². The number of rotatable bonds is 3. The fraction of sp³-hybridized carbons (Fsp3) is 0.429. The predicted octanol–water partition coefficient (Wildman–Crippen LogP) is 1.73. The molecule has 0 spiro atoms. The summed E-state index contributed by atoms with van der Waals surface area (Å²) in [6.07, 6.45) is 3.51. The van der Waals surface area contributed by atoms with E-state index in [1.165, 1.54) is 11.8 Å². The third-order valence-electron chi connectivity index (χ3n) is 1.26. The van der Waals surface area contributed by atoms with Crippen LogP contribution in [0.2, 0.25) is 5.15 Å². The lowest BCUT2D eigenvalue weighted by Gasteiger charge is -2.05. The van der Waals surface area contributed by atoms with Crippen LogP contribution in [0.25, 0.3) is 0 Å². The van der Waals surface area contributed by atoms with E-state index >= 15 is 0 Å². The highest BCUT2D eigenvalue weighted by molar-refractivity contribution is 7.98. The van der Waals surface area contributed by atoms with Crippen LogP contribution in [0, 0.1) is 0 Å². The molecule has 13 heavy (non-hydrogen) atoms. The second kappa shape index (κ2) is 5.05. The van der Waals surface area contributed by atoms with Crippen molar-refractivity contribution in [3.8, 4) is 0 Å². The Hall–Kier alpha value is 0.0300. The summed E-state index contributed by atoms with van der Waals surface area (Å²) >= 11 is 6.27. The van der Waals surface area contributed by atoms with E-state index in [1.807, 2.05) is 6.26 Å². The van der Waals surface area contributed by atoms with Crippen LogP contribution in [0.3, 0.4) is 0 Å². The van der Waals surface area contributed by atoms with Gasteiger partial charge in [-0.2, -0.15) is 0 Å². The second-order valence-corrected chi connectivity index (χ2v) is 4.98. The molecule has 0 aromatic carbocycles. The molecule has 0 N–H and O–H groups in total. The van der Waals surface area contributed by atoms with Crippen LogP contribution in [0.5, 0.6) is 0 Å². The first-order valence-corrected chi connectivity index (χ1v) is 6.82. The average Bonchev–Trinajstić information content (AvgIpc) is 2.01. The summed E-state index contributed by atoms with van der Waals surface area (Å²) in [7, 11) is 0. The number of halogens is 1. The van der Waals surface area contributed by atoms with Gasteiger partial charge in [-0.25, -0.2) is 9.97 Å². The topological polar surface area (TPSA) is 48.8 Å². The molecule has 1 rings (SSSR count). The van der Waals surface area contributed by atoms with Gasteiger partial charge in [0.2, 0.25) is 0 Å². The summed E-state index contributed by atoms with van der Waals surface area (Å²) in [5.74, 6) is 0.426. The van der Waals surface area contributed by atoms with E-state index in [-0.39, 0.29) is 0 Å². The highest BCUT2D eigenvalue weighted by Gasteiger charge is 2.06. The van der Waals surface area contributed by atoms with Crippen LogP contribution in [0.15, 0.2) is 11.2 Å². The Balaban J connectivity index is 2.88. The van der Waals surface area contributed by atoms with Crippen molar-refractivity contribution in [3.63, 3.8) is 0 Å². The fourth-order valence-electron chi connectivity index (χ4n) is 0.815. The molecule has 0 amide bonds. The largest absolute Gasteiger partial charge is 0.616 e. The molecule has 0 radical (unpaired) electrons. The summed E-state index contributed by atoms with van der Waals surface area (Å²) in [4.78, 5) is 8.14. The molecule has 1 atom stereocenters. The minimum Gasteiger partial charge on any atom is -0.616 e. The molecule has 0 saturated heterocycles. The normalized spacial score (nSPS) is 12.9. The smallest absolute Gasteiger partial charge is 0.189 e. The van der Waals surface area contributed by atoms with Crippen molar-refractivity contribution in [2.75, 3.05) is 12.5 Å². The first-order valence-electron chi connectivity index (χ1n) is 3.49. The van der Waals surface area contributed by atoms with Crippen LogP contribution in [-0.2, 0) is 16.9 Å². The molecule has 1 aromatic heterocycles. The number of hydrogen-bond acceptors (Lipinski definition) is 4. The van der Waals surface area contributed by atoms with Gasteiger partial charge in [-0.05, 0) is 6.26 Å². The van der Waals surface area contributed by atoms with Gasteiger partial charge in [0.05, 0.1) is 11.9 Å². The van der Waals surface area contributed by atoms with E-state index < -0.39 is 11.2 Å². The third kappa shape index (κ3) is 3.72. The molecule has 1 unspecified atom stereocenters. The zero-order chi connectivity index (χ0) is 9.84. The number of hydrogen-bond donors (Lipinski definition) is 0. The zero-order valence-corrected chi connectivity index (χ0v) is 9.67. The Bertz CT molecular complexity index is 296. The maximum absolute atomic E-state index is 10.9. The highest BCUT2D eigenvalue weighted by atomic mass is 35.5. The van der Waals surface area contributed by atoms with Crippen LogP contribution in [0.4, 0.5) is 0 Å². The van der Waals surface area contributed by atoms with E-state index in [1.54, 1.807) is 12.3 Å². The summed E-state index contributed by atoms with van der Waals surface area (Å²) < 4.78 is 10.9. The number of thioether (sulfide) groups is 1. The van der Waals surface area contributed by atoms with Crippen molar-refractivity contribution in [2.24, 2.45) is 0 Å². The van der Waals surface area contributed by atoms with E-state index in [0.717, 1.165) is 5.69 Å². The summed E-state index contributed by atoms with van der Waals surface area (Å²) in [6.45, 7) is 0. The van der Waals surface area contributed by atoms with Gasteiger partial charge in [-0.15, -0.1) is 0 Å². The van der Waals surface area contributed by atoms with Crippen molar-refractivity contribution in [1.82, 2.24) is 9.97 Å². The molecule has 0 fully saturated rings. The molecule has 0 bridgehead atoms. The molecule has 72 valence electrons. The first-order chi connectivity index (χ1) is 6.11. The molecule has 0 saturated carbocycles. The molecule has 3 nitrogen and oxygen atoms in total. The standard InChI is InChI=1S/C7H9ClN2OS2/c1-12-7-9-5(4-13(2)11)3-6(8)10-7/h3H,4H2,1-2H3. The van der Waals surface area contributed by atoms with E-state index in [4.69, 9.17) is 11.6 Å². The van der Waals surface area contributed by atoms with E-state index in [9.17, 15) is 4.55 Å². The Labute approximate surface area is 89.5 Å². The third-order valence-corrected chi connectivity index (χ3v) is 2.70. The van der Waals surface area contributed by atoms with Crippen LogP contribution in [-0.4, -0.2) is 27.0 Å². The maximum atomic E-state index is 10.9. The van der Waals surface area contributed by atoms with Crippen molar-refractivity contribution in [1.29, 1.82) is 0 Å². The zero-order valence-electron chi connectivity index (χ0n) is 7.28. The van der Waals surface area contributed by atoms with Crippen molar-refractivity contribution < 1.29 is 4.55 Å². The molecule has 1 heterocycles. The number of nitrogens with zero attached hydrogens (tertiary/aromatic N) is 2. The van der Waals surface area contributed by atoms with Gasteiger partial charge in [-0.1, -0.05) is 34.5 Å². The monoisotopic (exact) mass is 236 g/mol. The van der Waals surface area contributed by atoms with Crippen LogP contribution < -0.4 is 0 Å². The lowest BCUT2D eigenvalue weighted by Crippen LogP contribution is -2.04. The highest BCUT2D eigenvalue weighted by Crippen LogP contribution is 2.15. The van der Waals surface area contributed by atoms with Crippen LogP contribution >= 0.6 is 23.4 Å². The molecule has 6 heteroatoms. The molecule has 1 aromatic rings. The summed E-state index contributed by atoms with van der Waals surface area (Å²) in [6, 6.07) is 1.64.